The molecule has 202 valence electrons. The lowest BCUT2D eigenvalue weighted by Crippen LogP contribution is -2.57. The molecule has 3 rings (SSSR count). The van der Waals surface area contributed by atoms with Gasteiger partial charge in [-0.2, -0.15) is 9.36 Å². The van der Waals surface area contributed by atoms with Crippen molar-refractivity contribution < 1.29 is 38.7 Å². The molecule has 0 aliphatic carbocycles. The molecular weight excluding hydrogens is 528 g/mol. The van der Waals surface area contributed by atoms with Crippen LogP contribution in [-0.4, -0.2) is 105 Å². The van der Waals surface area contributed by atoms with Crippen molar-refractivity contribution in [1.82, 2.24) is 14.3 Å². The summed E-state index contributed by atoms with van der Waals surface area (Å²) in [6, 6.07) is -0.758. The number of hydrogen-bond donors (Lipinski definition) is 4. The molecule has 0 bridgehead atoms. The number of thioether (sulfide) groups is 1. The van der Waals surface area contributed by atoms with Crippen molar-refractivity contribution >= 4 is 57.8 Å². The zero-order chi connectivity index (χ0) is 27.9. The molecule has 2 aliphatic rings. The van der Waals surface area contributed by atoms with Gasteiger partial charge in [0, 0.05) is 17.3 Å². The van der Waals surface area contributed by atoms with E-state index in [0.717, 1.165) is 11.5 Å². The zero-order valence-electron chi connectivity index (χ0n) is 20.3. The average Bonchev–Trinajstić information content (AvgIpc) is 3.22. The van der Waals surface area contributed by atoms with E-state index in [4.69, 9.17) is 17.2 Å². The third-order valence-electron chi connectivity index (χ3n) is 5.39. The van der Waals surface area contributed by atoms with Crippen molar-refractivity contribution in [1.29, 1.82) is 0 Å². The fraction of sp³-hybridized carbons (Fsp3) is 0.450. The Morgan fingerprint density at radius 2 is 2.05 bits per heavy atom. The van der Waals surface area contributed by atoms with Crippen molar-refractivity contribution in [3.63, 3.8) is 0 Å². The number of aromatic nitrogens is 2. The second-order valence-corrected chi connectivity index (χ2v) is 10.3. The van der Waals surface area contributed by atoms with E-state index < -0.39 is 23.8 Å². The number of nitrogens with zero attached hydrogens (tertiary/aromatic N) is 5. The Bertz CT molecular complexity index is 1150. The Kier molecular flexibility index (Phi) is 10.1. The van der Waals surface area contributed by atoms with Crippen molar-refractivity contribution in [2.24, 2.45) is 16.6 Å². The lowest BCUT2D eigenvalue weighted by molar-refractivity contribution is -0.900. The lowest BCUT2D eigenvalue weighted by Gasteiger charge is -2.45. The smallest absolute Gasteiger partial charge is 0.278 e. The van der Waals surface area contributed by atoms with Crippen molar-refractivity contribution in [3.05, 3.63) is 29.2 Å². The van der Waals surface area contributed by atoms with Gasteiger partial charge < -0.3 is 41.5 Å². The number of aliphatic hydroxyl groups excluding tert-OH is 1. The third-order valence-corrected chi connectivity index (χ3v) is 7.17. The summed E-state index contributed by atoms with van der Waals surface area (Å²) in [6.45, 7) is -0.0109. The summed E-state index contributed by atoms with van der Waals surface area (Å²) in [4.78, 5) is 54.6. The normalized spacial score (nSPS) is 18.5. The Balaban J connectivity index is 0.000000312. The van der Waals surface area contributed by atoms with E-state index in [1.165, 1.54) is 23.8 Å². The number of aliphatic hydroxyl groups is 1. The van der Waals surface area contributed by atoms with E-state index in [0.29, 0.717) is 24.3 Å². The van der Waals surface area contributed by atoms with Gasteiger partial charge in [-0.15, -0.1) is 11.8 Å². The van der Waals surface area contributed by atoms with Crippen LogP contribution in [0, 0.1) is 0 Å². The number of carboxylic acids is 1. The van der Waals surface area contributed by atoms with E-state index in [2.05, 4.69) is 19.4 Å². The molecule has 3 amide bonds. The maximum Gasteiger partial charge on any atom is 0.278 e. The number of likely N-dealkylation sites (N-methyl/N-ethyl adjacent to an activating group) is 1. The highest BCUT2D eigenvalue weighted by molar-refractivity contribution is 8.00. The van der Waals surface area contributed by atoms with E-state index in [1.807, 2.05) is 0 Å². The summed E-state index contributed by atoms with van der Waals surface area (Å²) in [5.74, 6) is -2.40. The van der Waals surface area contributed by atoms with Crippen LogP contribution >= 0.6 is 23.3 Å². The standard InChI is InChI=1S/C15H21N3O5S.C5H7N5O2S/c1-18(2,10(7-19)14(16)21)5-3-4-9-8-24-12-6-11(20)17(12)13(9)15(22)23;1-12-9-2(3(6)11)4-8-5(7)13-10-4/h3-4,10,12,19H,5-8H2,1-2H3,(H2-,16,21,22,23);1H3,(H2,6,11)(H2,7,8,10)/b4-3+;9-2+/t10-,12+;/m1./s1. The molecule has 3 heterocycles. The van der Waals surface area contributed by atoms with Crippen LogP contribution in [0.5, 0.6) is 0 Å². The third kappa shape index (κ3) is 7.25. The molecule has 37 heavy (non-hydrogen) atoms. The van der Waals surface area contributed by atoms with Gasteiger partial charge >= 0.3 is 0 Å². The van der Waals surface area contributed by atoms with Gasteiger partial charge in [-0.25, -0.2) is 0 Å². The van der Waals surface area contributed by atoms with E-state index in [-0.39, 0.29) is 44.7 Å². The molecule has 0 aromatic carbocycles. The number of fused-ring (bicyclic) bond motifs is 1. The molecule has 1 fully saturated rings. The zero-order valence-corrected chi connectivity index (χ0v) is 22.0. The predicted octanol–water partition coefficient (Wildman–Crippen LogP) is -3.27. The first-order valence-electron chi connectivity index (χ1n) is 10.6. The van der Waals surface area contributed by atoms with Crippen molar-refractivity contribution in [2.75, 3.05) is 45.8 Å². The highest BCUT2D eigenvalue weighted by Crippen LogP contribution is 2.39. The van der Waals surface area contributed by atoms with Gasteiger partial charge in [-0.1, -0.05) is 11.2 Å². The quantitative estimate of drug-likeness (QED) is 0.0964. The second kappa shape index (κ2) is 12.6. The van der Waals surface area contributed by atoms with Crippen LogP contribution in [0.2, 0.25) is 0 Å². The summed E-state index contributed by atoms with van der Waals surface area (Å²) in [5.41, 5.74) is 15.9. The lowest BCUT2D eigenvalue weighted by atomic mass is 10.1. The van der Waals surface area contributed by atoms with E-state index in [1.54, 1.807) is 26.2 Å². The van der Waals surface area contributed by atoms with Crippen molar-refractivity contribution in [3.8, 4) is 0 Å². The Labute approximate surface area is 220 Å². The Hall–Kier alpha value is -3.54. The number of allylic oxidation sites excluding steroid dienone is 1. The number of rotatable bonds is 10. The Morgan fingerprint density at radius 1 is 1.38 bits per heavy atom. The van der Waals surface area contributed by atoms with E-state index in [9.17, 15) is 29.4 Å². The van der Waals surface area contributed by atoms with Gasteiger partial charge in [0.25, 0.3) is 11.8 Å². The van der Waals surface area contributed by atoms with Crippen molar-refractivity contribution in [2.45, 2.75) is 17.8 Å². The minimum Gasteiger partial charge on any atom is -0.543 e. The number of oxime groups is 1. The number of hydrogen-bond acceptors (Lipinski definition) is 13. The summed E-state index contributed by atoms with van der Waals surface area (Å²) < 4.78 is 3.88. The topological polar surface area (TPSA) is 240 Å². The molecular formula is C20H28N8O7S2. The Morgan fingerprint density at radius 3 is 2.51 bits per heavy atom. The van der Waals surface area contributed by atoms with Crippen LogP contribution in [0.25, 0.3) is 0 Å². The van der Waals surface area contributed by atoms with Gasteiger partial charge in [0.2, 0.25) is 17.4 Å². The largest absolute Gasteiger partial charge is 0.543 e. The van der Waals surface area contributed by atoms with Gasteiger partial charge in [-0.05, 0) is 11.6 Å². The maximum absolute atomic E-state index is 11.6. The minimum absolute atomic E-state index is 0.0786. The summed E-state index contributed by atoms with van der Waals surface area (Å²) in [6.07, 6.45) is 3.70. The van der Waals surface area contributed by atoms with E-state index >= 15 is 0 Å². The number of amides is 3. The molecule has 17 heteroatoms. The number of primary amides is 2. The van der Waals surface area contributed by atoms with Crippen LogP contribution in [0.4, 0.5) is 5.13 Å². The highest BCUT2D eigenvalue weighted by Gasteiger charge is 2.42. The molecule has 2 aliphatic heterocycles. The van der Waals surface area contributed by atoms with Crippen LogP contribution in [0.1, 0.15) is 12.2 Å². The number of nitrogens with two attached hydrogens (primary N) is 3. The number of anilines is 1. The minimum atomic E-state index is -1.37. The number of carbonyl (C=O) groups excluding carboxylic acids is 4. The van der Waals surface area contributed by atoms with Gasteiger partial charge in [0.1, 0.15) is 13.7 Å². The van der Waals surface area contributed by atoms with Crippen LogP contribution in [0.15, 0.2) is 28.6 Å². The molecule has 0 unspecified atom stereocenters. The first kappa shape index (κ1) is 29.7. The fourth-order valence-corrected chi connectivity index (χ4v) is 5.09. The van der Waals surface area contributed by atoms with Crippen LogP contribution in [-0.2, 0) is 24.0 Å². The molecule has 0 saturated carbocycles. The molecule has 15 nitrogen and oxygen atoms in total. The van der Waals surface area contributed by atoms with Gasteiger partial charge in [0.15, 0.2) is 11.2 Å². The number of carboxylic acid groups (broad SMARTS) is 1. The summed E-state index contributed by atoms with van der Waals surface area (Å²) >= 11 is 2.45. The number of β-lactam (4-membered cyclic amide) rings is 1. The first-order chi connectivity index (χ1) is 17.3. The second-order valence-electron chi connectivity index (χ2n) is 8.30. The van der Waals surface area contributed by atoms with Crippen LogP contribution < -0.4 is 22.3 Å². The monoisotopic (exact) mass is 556 g/mol. The molecule has 1 aromatic rings. The number of carbonyl (C=O) groups is 4. The molecule has 7 N–H and O–H groups in total. The molecule has 0 spiro atoms. The van der Waals surface area contributed by atoms with Crippen LogP contribution in [0.3, 0.4) is 0 Å². The molecule has 2 atom stereocenters. The SMILES string of the molecule is CO/N=C(\C(N)=O)c1nsc(N)n1.C[N+](C)(C/C=C/C1=C(C(=O)[O-])N2C(=O)C[C@@H]2SC1)[C@H](CO)C(N)=O. The first-order valence-corrected chi connectivity index (χ1v) is 12.4. The predicted molar refractivity (Wildman–Crippen MR) is 133 cm³/mol. The van der Waals surface area contributed by atoms with Gasteiger partial charge in [-0.3, -0.25) is 19.3 Å². The average molecular weight is 557 g/mol. The molecule has 0 radical (unpaired) electrons. The molecule has 1 saturated heterocycles. The summed E-state index contributed by atoms with van der Waals surface area (Å²) in [7, 11) is 4.78. The fourth-order valence-electron chi connectivity index (χ4n) is 3.42. The summed E-state index contributed by atoms with van der Waals surface area (Å²) in [5, 5.41) is 24.2. The maximum atomic E-state index is 11.6. The number of nitrogen functional groups attached to an aromatic ring is 1. The number of aliphatic carboxylic acids is 1. The number of quaternary nitrogens is 1. The molecule has 1 aromatic heterocycles. The van der Waals surface area contributed by atoms with Gasteiger partial charge in [0.05, 0.1) is 44.1 Å². The highest BCUT2D eigenvalue weighted by atomic mass is 32.2.